The fraction of sp³-hybridized carbons (Fsp3) is 0.125. The van der Waals surface area contributed by atoms with Gasteiger partial charge in [0, 0.05) is 13.1 Å². The minimum Gasteiger partial charge on any atom is -0.316 e. The number of benzene rings is 2. The van der Waals surface area contributed by atoms with Gasteiger partial charge in [0.15, 0.2) is 0 Å². The van der Waals surface area contributed by atoms with Gasteiger partial charge in [-0.2, -0.15) is 0 Å². The summed E-state index contributed by atoms with van der Waals surface area (Å²) in [6.07, 6.45) is 0. The summed E-state index contributed by atoms with van der Waals surface area (Å²) in [5.41, 5.74) is -0.478. The lowest BCUT2D eigenvalue weighted by molar-refractivity contribution is 0.572. The lowest BCUT2D eigenvalue weighted by atomic mass is 10.3. The number of hydrogen-bond acceptors (Lipinski definition) is 4. The van der Waals surface area contributed by atoms with Crippen LogP contribution in [0.1, 0.15) is 0 Å². The first kappa shape index (κ1) is 17.4. The van der Waals surface area contributed by atoms with E-state index in [4.69, 9.17) is 11.6 Å². The number of nitrogens with one attached hydrogen (secondary N) is 2. The van der Waals surface area contributed by atoms with Crippen LogP contribution in [0.15, 0.2) is 63.0 Å². The first-order valence-corrected chi connectivity index (χ1v) is 9.22. The zero-order chi connectivity index (χ0) is 18.0. The minimum absolute atomic E-state index is 0.00689. The topological polar surface area (TPSA) is 101 Å². The summed E-state index contributed by atoms with van der Waals surface area (Å²) >= 11 is 5.91. The number of halogens is 1. The summed E-state index contributed by atoms with van der Waals surface area (Å²) in [6, 6.07) is 12.9. The van der Waals surface area contributed by atoms with Gasteiger partial charge in [-0.3, -0.25) is 9.59 Å². The second-order valence-corrected chi connectivity index (χ2v) is 7.40. The number of H-pyrrole nitrogens is 1. The van der Waals surface area contributed by atoms with E-state index in [1.807, 2.05) is 0 Å². The maximum atomic E-state index is 12.3. The molecule has 0 radical (unpaired) electrons. The van der Waals surface area contributed by atoms with Gasteiger partial charge in [0.25, 0.3) is 0 Å². The molecule has 0 aliphatic carbocycles. The molecular formula is C16H14ClN3O4S. The second-order valence-electron chi connectivity index (χ2n) is 5.26. The minimum atomic E-state index is -3.82. The quantitative estimate of drug-likeness (QED) is 0.653. The van der Waals surface area contributed by atoms with Crippen molar-refractivity contribution in [3.8, 4) is 0 Å². The number of aromatic nitrogens is 2. The smallest absolute Gasteiger partial charge is 0.316 e. The molecule has 1 aromatic heterocycles. The van der Waals surface area contributed by atoms with Crippen molar-refractivity contribution >= 4 is 32.7 Å². The fourth-order valence-corrected chi connectivity index (χ4v) is 4.02. The normalized spacial score (nSPS) is 11.7. The highest BCUT2D eigenvalue weighted by Gasteiger charge is 2.17. The third kappa shape index (κ3) is 3.51. The molecule has 25 heavy (non-hydrogen) atoms. The van der Waals surface area contributed by atoms with Crippen molar-refractivity contribution in [3.05, 3.63) is 74.3 Å². The molecule has 0 atom stereocenters. The summed E-state index contributed by atoms with van der Waals surface area (Å²) < 4.78 is 28.2. The van der Waals surface area contributed by atoms with Crippen LogP contribution in [0, 0.1) is 0 Å². The van der Waals surface area contributed by atoms with E-state index in [-0.39, 0.29) is 23.0 Å². The van der Waals surface area contributed by atoms with Gasteiger partial charge in [-0.1, -0.05) is 35.9 Å². The van der Waals surface area contributed by atoms with Crippen LogP contribution >= 0.6 is 11.6 Å². The van der Waals surface area contributed by atoms with E-state index < -0.39 is 21.1 Å². The van der Waals surface area contributed by atoms with Crippen molar-refractivity contribution in [3.63, 3.8) is 0 Å². The third-order valence-electron chi connectivity index (χ3n) is 3.64. The molecule has 0 amide bonds. The predicted molar refractivity (Wildman–Crippen MR) is 95.5 cm³/mol. The van der Waals surface area contributed by atoms with Gasteiger partial charge in [-0.25, -0.2) is 13.1 Å². The van der Waals surface area contributed by atoms with Crippen LogP contribution in [0.2, 0.25) is 5.02 Å². The molecule has 3 aromatic rings. The van der Waals surface area contributed by atoms with Crippen LogP contribution in [-0.4, -0.2) is 24.5 Å². The van der Waals surface area contributed by atoms with Crippen molar-refractivity contribution < 1.29 is 8.42 Å². The molecule has 1 heterocycles. The molecule has 0 aliphatic heterocycles. The van der Waals surface area contributed by atoms with E-state index in [0.29, 0.717) is 11.0 Å². The number of hydrogen-bond donors (Lipinski definition) is 2. The Morgan fingerprint density at radius 2 is 1.72 bits per heavy atom. The molecule has 0 spiro atoms. The average Bonchev–Trinajstić information content (AvgIpc) is 2.58. The number of rotatable bonds is 5. The molecule has 2 N–H and O–H groups in total. The Bertz CT molecular complexity index is 1150. The molecule has 0 aliphatic rings. The van der Waals surface area contributed by atoms with Crippen LogP contribution in [0.4, 0.5) is 0 Å². The maximum Gasteiger partial charge on any atom is 0.316 e. The first-order chi connectivity index (χ1) is 11.9. The Labute approximate surface area is 147 Å². The van der Waals surface area contributed by atoms with Gasteiger partial charge in [0.2, 0.25) is 10.0 Å². The standard InChI is InChI=1S/C16H14ClN3O4S/c17-11-5-1-4-8-14(11)25(23,24)18-9-10-20-13-7-3-2-6-12(13)19-15(21)16(20)22/h1-8,18H,9-10H2,(H,19,21). The monoisotopic (exact) mass is 379 g/mol. The Balaban J connectivity index is 1.87. The lowest BCUT2D eigenvalue weighted by Crippen LogP contribution is -2.39. The van der Waals surface area contributed by atoms with E-state index in [1.54, 1.807) is 36.4 Å². The highest BCUT2D eigenvalue weighted by atomic mass is 35.5. The van der Waals surface area contributed by atoms with E-state index in [2.05, 4.69) is 9.71 Å². The van der Waals surface area contributed by atoms with Crippen molar-refractivity contribution in [2.45, 2.75) is 11.4 Å². The molecule has 130 valence electrons. The number of nitrogens with zero attached hydrogens (tertiary/aromatic N) is 1. The van der Waals surface area contributed by atoms with Gasteiger partial charge >= 0.3 is 11.1 Å². The van der Waals surface area contributed by atoms with Crippen molar-refractivity contribution in [2.75, 3.05) is 6.54 Å². The summed E-state index contributed by atoms with van der Waals surface area (Å²) in [5, 5.41) is 0.105. The largest absolute Gasteiger partial charge is 0.316 e. The van der Waals surface area contributed by atoms with Gasteiger partial charge in [0.1, 0.15) is 4.90 Å². The molecule has 9 heteroatoms. The summed E-state index contributed by atoms with van der Waals surface area (Å²) in [5.74, 6) is 0. The third-order valence-corrected chi connectivity index (χ3v) is 5.60. The van der Waals surface area contributed by atoms with E-state index in [1.165, 1.54) is 16.7 Å². The van der Waals surface area contributed by atoms with Gasteiger partial charge in [-0.05, 0) is 24.3 Å². The number of para-hydroxylation sites is 2. The number of aromatic amines is 1. The summed E-state index contributed by atoms with van der Waals surface area (Å²) in [4.78, 5) is 26.3. The number of sulfonamides is 1. The first-order valence-electron chi connectivity index (χ1n) is 7.36. The van der Waals surface area contributed by atoms with Gasteiger partial charge < -0.3 is 9.55 Å². The van der Waals surface area contributed by atoms with Crippen LogP contribution in [0.3, 0.4) is 0 Å². The highest BCUT2D eigenvalue weighted by Crippen LogP contribution is 2.19. The van der Waals surface area contributed by atoms with E-state index in [9.17, 15) is 18.0 Å². The Morgan fingerprint density at radius 1 is 1.04 bits per heavy atom. The predicted octanol–water partition coefficient (Wildman–Crippen LogP) is 1.32. The average molecular weight is 380 g/mol. The van der Waals surface area contributed by atoms with Crippen molar-refractivity contribution in [2.24, 2.45) is 0 Å². The fourth-order valence-electron chi connectivity index (χ4n) is 2.48. The van der Waals surface area contributed by atoms with Gasteiger partial charge in [-0.15, -0.1) is 0 Å². The molecule has 0 unspecified atom stereocenters. The van der Waals surface area contributed by atoms with Crippen LogP contribution in [0.5, 0.6) is 0 Å². The molecule has 2 aromatic carbocycles. The zero-order valence-electron chi connectivity index (χ0n) is 12.9. The van der Waals surface area contributed by atoms with E-state index >= 15 is 0 Å². The lowest BCUT2D eigenvalue weighted by Gasteiger charge is -2.11. The van der Waals surface area contributed by atoms with E-state index in [0.717, 1.165) is 0 Å². The second kappa shape index (κ2) is 6.83. The summed E-state index contributed by atoms with van der Waals surface area (Å²) in [7, 11) is -3.82. The molecule has 0 saturated heterocycles. The molecule has 0 bridgehead atoms. The molecule has 7 nitrogen and oxygen atoms in total. The Morgan fingerprint density at radius 3 is 2.48 bits per heavy atom. The van der Waals surface area contributed by atoms with Crippen molar-refractivity contribution in [1.82, 2.24) is 14.3 Å². The zero-order valence-corrected chi connectivity index (χ0v) is 14.5. The summed E-state index contributed by atoms with van der Waals surface area (Å²) in [6.45, 7) is -0.0616. The molecule has 0 saturated carbocycles. The van der Waals surface area contributed by atoms with Crippen LogP contribution in [-0.2, 0) is 16.6 Å². The van der Waals surface area contributed by atoms with Crippen LogP contribution < -0.4 is 15.8 Å². The van der Waals surface area contributed by atoms with Crippen molar-refractivity contribution in [1.29, 1.82) is 0 Å². The molecular weight excluding hydrogens is 366 g/mol. The Hall–Kier alpha value is -2.42. The van der Waals surface area contributed by atoms with Crippen LogP contribution in [0.25, 0.3) is 11.0 Å². The van der Waals surface area contributed by atoms with Gasteiger partial charge in [0.05, 0.1) is 16.1 Å². The highest BCUT2D eigenvalue weighted by molar-refractivity contribution is 7.89. The molecule has 3 rings (SSSR count). The number of fused-ring (bicyclic) bond motifs is 1. The molecule has 0 fully saturated rings. The SMILES string of the molecule is O=c1[nH]c2ccccc2n(CCNS(=O)(=O)c2ccccc2Cl)c1=O. The Kier molecular flexibility index (Phi) is 4.76. The maximum absolute atomic E-state index is 12.3.